The minimum atomic E-state index is -2.76. The van der Waals surface area contributed by atoms with Crippen molar-refractivity contribution in [3.63, 3.8) is 0 Å². The second-order valence-corrected chi connectivity index (χ2v) is 4.57. The third kappa shape index (κ3) is 3.34. The summed E-state index contributed by atoms with van der Waals surface area (Å²) in [5.74, 6) is -1.15. The van der Waals surface area contributed by atoms with E-state index >= 15 is 0 Å². The van der Waals surface area contributed by atoms with Crippen LogP contribution >= 0.6 is 38.5 Å². The minimum Gasteiger partial charge on any atom is -0.481 e. The highest BCUT2D eigenvalue weighted by molar-refractivity contribution is 14.1. The number of aromatic nitrogens is 1. The molecule has 88 valence electrons. The number of pyridine rings is 1. The third-order valence-corrected chi connectivity index (χ3v) is 3.39. The van der Waals surface area contributed by atoms with E-state index in [1.54, 1.807) is 0 Å². The van der Waals surface area contributed by atoms with Gasteiger partial charge in [0.2, 0.25) is 0 Å². The van der Waals surface area contributed by atoms with E-state index in [1.807, 2.05) is 22.6 Å². The Kier molecular flexibility index (Phi) is 5.03. The summed E-state index contributed by atoms with van der Waals surface area (Å²) in [7, 11) is 0. The van der Waals surface area contributed by atoms with Gasteiger partial charge in [-0.1, -0.05) is 15.9 Å². The van der Waals surface area contributed by atoms with Gasteiger partial charge in [0.05, 0.1) is 6.42 Å². The van der Waals surface area contributed by atoms with Crippen molar-refractivity contribution in [3.05, 3.63) is 26.6 Å². The molecule has 0 aliphatic heterocycles. The van der Waals surface area contributed by atoms with E-state index < -0.39 is 24.5 Å². The topological polar surface area (TPSA) is 50.2 Å². The molecule has 0 aliphatic carbocycles. The molecule has 0 aliphatic rings. The van der Waals surface area contributed by atoms with Crippen molar-refractivity contribution in [3.8, 4) is 0 Å². The van der Waals surface area contributed by atoms with Crippen LogP contribution < -0.4 is 0 Å². The maximum atomic E-state index is 12.6. The zero-order chi connectivity index (χ0) is 12.3. The van der Waals surface area contributed by atoms with Gasteiger partial charge in [-0.15, -0.1) is 0 Å². The van der Waals surface area contributed by atoms with Crippen LogP contribution in [0.1, 0.15) is 23.2 Å². The van der Waals surface area contributed by atoms with Crippen LogP contribution in [0.4, 0.5) is 8.78 Å². The van der Waals surface area contributed by atoms with Crippen LogP contribution in [0.15, 0.2) is 6.07 Å². The van der Waals surface area contributed by atoms with E-state index in [0.29, 0.717) is 14.6 Å². The molecule has 0 atom stereocenters. The highest BCUT2D eigenvalue weighted by Gasteiger charge is 2.19. The maximum Gasteiger partial charge on any atom is 0.307 e. The SMILES string of the molecule is O=C(O)Cc1cc(CBr)c(I)nc1C(F)F. The molecular weight excluding hydrogens is 399 g/mol. The molecule has 1 N–H and O–H groups in total. The summed E-state index contributed by atoms with van der Waals surface area (Å²) in [6.07, 6.45) is -3.20. The van der Waals surface area contributed by atoms with Gasteiger partial charge < -0.3 is 5.11 Å². The van der Waals surface area contributed by atoms with Crippen molar-refractivity contribution < 1.29 is 18.7 Å². The number of hydrogen-bond acceptors (Lipinski definition) is 2. The van der Waals surface area contributed by atoms with Gasteiger partial charge in [-0.3, -0.25) is 4.79 Å². The van der Waals surface area contributed by atoms with Crippen molar-refractivity contribution in [1.82, 2.24) is 4.98 Å². The van der Waals surface area contributed by atoms with Crippen molar-refractivity contribution in [2.24, 2.45) is 0 Å². The number of carbonyl (C=O) groups is 1. The third-order valence-electron chi connectivity index (χ3n) is 1.85. The number of carboxylic acids is 1. The molecular formula is C9H7BrF2INO2. The number of hydrogen-bond donors (Lipinski definition) is 1. The molecule has 0 amide bonds. The first-order valence-electron chi connectivity index (χ1n) is 4.19. The largest absolute Gasteiger partial charge is 0.481 e. The summed E-state index contributed by atoms with van der Waals surface area (Å²) in [5.41, 5.74) is 0.329. The predicted octanol–water partition coefficient (Wildman–Crippen LogP) is 3.15. The van der Waals surface area contributed by atoms with E-state index in [2.05, 4.69) is 20.9 Å². The minimum absolute atomic E-state index is 0.0670. The summed E-state index contributed by atoms with van der Waals surface area (Å²) in [6, 6.07) is 1.46. The number of aliphatic carboxylic acids is 1. The maximum absolute atomic E-state index is 12.6. The fraction of sp³-hybridized carbons (Fsp3) is 0.333. The van der Waals surface area contributed by atoms with Gasteiger partial charge in [0.25, 0.3) is 6.43 Å². The molecule has 1 rings (SSSR count). The van der Waals surface area contributed by atoms with Crippen molar-refractivity contribution in [2.45, 2.75) is 18.2 Å². The quantitative estimate of drug-likeness (QED) is 0.475. The number of alkyl halides is 3. The molecule has 0 bridgehead atoms. The Morgan fingerprint density at radius 3 is 2.62 bits per heavy atom. The average Bonchev–Trinajstić information content (AvgIpc) is 2.19. The molecule has 0 spiro atoms. The summed E-state index contributed by atoms with van der Waals surface area (Å²) in [6.45, 7) is 0. The molecule has 3 nitrogen and oxygen atoms in total. The molecule has 0 saturated carbocycles. The highest BCUT2D eigenvalue weighted by atomic mass is 127. The van der Waals surface area contributed by atoms with Gasteiger partial charge in [-0.05, 0) is 39.8 Å². The number of halogens is 4. The van der Waals surface area contributed by atoms with Crippen molar-refractivity contribution >= 4 is 44.5 Å². The highest BCUT2D eigenvalue weighted by Crippen LogP contribution is 2.25. The first-order chi connectivity index (χ1) is 7.45. The fourth-order valence-electron chi connectivity index (χ4n) is 1.18. The summed E-state index contributed by atoms with van der Waals surface area (Å²) < 4.78 is 25.7. The summed E-state index contributed by atoms with van der Waals surface area (Å²) in [4.78, 5) is 14.3. The van der Waals surface area contributed by atoms with Crippen molar-refractivity contribution in [1.29, 1.82) is 0 Å². The Labute approximate surface area is 113 Å². The Morgan fingerprint density at radius 2 is 2.19 bits per heavy atom. The van der Waals surface area contributed by atoms with Gasteiger partial charge in [0.1, 0.15) is 9.39 Å². The Morgan fingerprint density at radius 1 is 1.56 bits per heavy atom. The van der Waals surface area contributed by atoms with Crippen LogP contribution in [-0.2, 0) is 16.5 Å². The standard InChI is InChI=1S/C9H7BrF2INO2/c10-3-5-1-4(2-6(15)16)7(8(11)12)14-9(5)13/h1,8H,2-3H2,(H,15,16). The molecule has 1 aromatic heterocycles. The molecule has 0 fully saturated rings. The lowest BCUT2D eigenvalue weighted by Gasteiger charge is -2.09. The summed E-state index contributed by atoms with van der Waals surface area (Å²) >= 11 is 5.04. The Balaban J connectivity index is 3.24. The predicted molar refractivity (Wildman–Crippen MR) is 65.9 cm³/mol. The number of carboxylic acid groups (broad SMARTS) is 1. The molecule has 0 unspecified atom stereocenters. The van der Waals surface area contributed by atoms with Crippen LogP contribution in [-0.4, -0.2) is 16.1 Å². The molecule has 0 saturated heterocycles. The molecule has 7 heteroatoms. The van der Waals surface area contributed by atoms with E-state index in [9.17, 15) is 13.6 Å². The van der Waals surface area contributed by atoms with Crippen LogP contribution in [0.3, 0.4) is 0 Å². The van der Waals surface area contributed by atoms with E-state index in [4.69, 9.17) is 5.11 Å². The lowest BCUT2D eigenvalue weighted by molar-refractivity contribution is -0.136. The van der Waals surface area contributed by atoms with Crippen LogP contribution in [0.2, 0.25) is 0 Å². The van der Waals surface area contributed by atoms with Gasteiger partial charge >= 0.3 is 5.97 Å². The second-order valence-electron chi connectivity index (χ2n) is 2.99. The van der Waals surface area contributed by atoms with Crippen LogP contribution in [0.25, 0.3) is 0 Å². The zero-order valence-corrected chi connectivity index (χ0v) is 11.6. The van der Waals surface area contributed by atoms with E-state index in [0.717, 1.165) is 0 Å². The van der Waals surface area contributed by atoms with Crippen molar-refractivity contribution in [2.75, 3.05) is 0 Å². The zero-order valence-electron chi connectivity index (χ0n) is 7.88. The lowest BCUT2D eigenvalue weighted by Crippen LogP contribution is -2.08. The van der Waals surface area contributed by atoms with E-state index in [1.165, 1.54) is 6.07 Å². The van der Waals surface area contributed by atoms with Gasteiger partial charge in [0, 0.05) is 5.33 Å². The van der Waals surface area contributed by atoms with E-state index in [-0.39, 0.29) is 5.56 Å². The van der Waals surface area contributed by atoms with Crippen LogP contribution in [0.5, 0.6) is 0 Å². The first-order valence-corrected chi connectivity index (χ1v) is 6.39. The molecule has 1 aromatic rings. The molecule has 16 heavy (non-hydrogen) atoms. The smallest absolute Gasteiger partial charge is 0.307 e. The lowest BCUT2D eigenvalue weighted by atomic mass is 10.1. The molecule has 1 heterocycles. The monoisotopic (exact) mass is 405 g/mol. The van der Waals surface area contributed by atoms with Gasteiger partial charge in [-0.2, -0.15) is 0 Å². The number of rotatable bonds is 4. The first kappa shape index (κ1) is 13.8. The second kappa shape index (κ2) is 5.85. The van der Waals surface area contributed by atoms with Gasteiger partial charge in [0.15, 0.2) is 0 Å². The summed E-state index contributed by atoms with van der Waals surface area (Å²) in [5, 5.41) is 9.07. The Bertz CT molecular complexity index is 415. The normalized spacial score (nSPS) is 10.8. The number of nitrogens with zero attached hydrogens (tertiary/aromatic N) is 1. The average molecular weight is 406 g/mol. The van der Waals surface area contributed by atoms with Crippen LogP contribution in [0, 0.1) is 3.70 Å². The molecule has 0 aromatic carbocycles. The molecule has 0 radical (unpaired) electrons. The van der Waals surface area contributed by atoms with Gasteiger partial charge in [-0.25, -0.2) is 13.8 Å². The fourth-order valence-corrected chi connectivity index (χ4v) is 2.74. The Hall–Kier alpha value is -0.310.